The minimum atomic E-state index is -0.435. The number of methoxy groups -OCH3 is 1. The van der Waals surface area contributed by atoms with Gasteiger partial charge >= 0.3 is 0 Å². The van der Waals surface area contributed by atoms with Crippen LogP contribution in [0.1, 0.15) is 23.2 Å². The minimum absolute atomic E-state index is 0.146. The molecule has 0 radical (unpaired) electrons. The average molecular weight is 563 g/mol. The van der Waals surface area contributed by atoms with Crippen molar-refractivity contribution in [1.29, 1.82) is 0 Å². The second-order valence-electron chi connectivity index (χ2n) is 9.40. The van der Waals surface area contributed by atoms with Crippen molar-refractivity contribution >= 4 is 29.4 Å². The number of anilines is 1. The molecule has 1 aliphatic heterocycles. The third-order valence-electron chi connectivity index (χ3n) is 6.61. The van der Waals surface area contributed by atoms with Gasteiger partial charge in [-0.3, -0.25) is 19.5 Å². The molecular formula is C30H28ClFN4O4. The molecule has 2 amide bonds. The maximum atomic E-state index is 13.6. The molecule has 0 aliphatic carbocycles. The van der Waals surface area contributed by atoms with Gasteiger partial charge in [0, 0.05) is 41.2 Å². The zero-order chi connectivity index (χ0) is 28.1. The second-order valence-corrected chi connectivity index (χ2v) is 9.84. The fraction of sp³-hybridized carbons (Fsp3) is 0.233. The third-order valence-corrected chi connectivity index (χ3v) is 6.86. The minimum Gasteiger partial charge on any atom is -0.497 e. The van der Waals surface area contributed by atoms with E-state index in [2.05, 4.69) is 10.3 Å². The molecule has 1 fully saturated rings. The first-order valence-electron chi connectivity index (χ1n) is 12.9. The molecule has 0 unspecified atom stereocenters. The monoisotopic (exact) mass is 562 g/mol. The first-order chi connectivity index (χ1) is 19.4. The zero-order valence-electron chi connectivity index (χ0n) is 21.8. The van der Waals surface area contributed by atoms with Gasteiger partial charge in [0.2, 0.25) is 11.9 Å². The van der Waals surface area contributed by atoms with Crippen molar-refractivity contribution in [3.63, 3.8) is 0 Å². The number of carbonyl (C=O) groups is 2. The quantitative estimate of drug-likeness (QED) is 0.287. The molecule has 5 rings (SSSR count). The zero-order valence-corrected chi connectivity index (χ0v) is 22.6. The maximum Gasteiger partial charge on any atom is 0.254 e. The molecule has 40 heavy (non-hydrogen) atoms. The number of hydrogen-bond donors (Lipinski definition) is 1. The fourth-order valence-corrected chi connectivity index (χ4v) is 4.66. The van der Waals surface area contributed by atoms with Crippen molar-refractivity contribution < 1.29 is 23.5 Å². The number of nitrogens with zero attached hydrogens (tertiary/aromatic N) is 3. The summed E-state index contributed by atoms with van der Waals surface area (Å²) in [4.78, 5) is 32.9. The van der Waals surface area contributed by atoms with E-state index in [9.17, 15) is 14.0 Å². The molecule has 3 aromatic carbocycles. The summed E-state index contributed by atoms with van der Waals surface area (Å²) < 4.78 is 26.3. The van der Waals surface area contributed by atoms with Crippen molar-refractivity contribution in [3.05, 3.63) is 95.4 Å². The molecule has 1 atom stereocenters. The lowest BCUT2D eigenvalue weighted by Gasteiger charge is -2.25. The summed E-state index contributed by atoms with van der Waals surface area (Å²) in [5.41, 5.74) is 2.42. The summed E-state index contributed by atoms with van der Waals surface area (Å²) in [5, 5.41) is 3.36. The highest BCUT2D eigenvalue weighted by molar-refractivity contribution is 6.30. The van der Waals surface area contributed by atoms with Gasteiger partial charge in [-0.1, -0.05) is 11.6 Å². The topological polar surface area (TPSA) is 85.7 Å². The Labute approximate surface area is 236 Å². The lowest BCUT2D eigenvalue weighted by molar-refractivity contribution is -0.117. The Kier molecular flexibility index (Phi) is 8.42. The average Bonchev–Trinajstić information content (AvgIpc) is 3.63. The van der Waals surface area contributed by atoms with E-state index in [0.29, 0.717) is 34.3 Å². The first-order valence-corrected chi connectivity index (χ1v) is 13.2. The standard InChI is InChI=1S/C30H28ClFN4O4/c1-39-25-14-6-20(7-15-25)27-18-36(24-12-10-23(32)11-13-24)30(33-27)34-28(37)19-35(17-26-3-2-16-40-26)29(38)21-4-8-22(31)9-5-21/h4-15,18,26H,2-3,16-17,19H2,1H3,(H,33,34,37)/t26-/m0/s1. The van der Waals surface area contributed by atoms with Crippen molar-refractivity contribution in [3.8, 4) is 22.7 Å². The van der Waals surface area contributed by atoms with E-state index >= 15 is 0 Å². The van der Waals surface area contributed by atoms with E-state index < -0.39 is 5.91 Å². The molecule has 1 aromatic heterocycles. The van der Waals surface area contributed by atoms with Crippen LogP contribution in [0.2, 0.25) is 5.02 Å². The Morgan fingerprint density at radius 2 is 1.82 bits per heavy atom. The number of aromatic nitrogens is 2. The highest BCUT2D eigenvalue weighted by atomic mass is 35.5. The SMILES string of the molecule is COc1ccc(-c2cn(-c3ccc(F)cc3)c(NC(=O)CN(C[C@@H]3CCCO3)C(=O)c3ccc(Cl)cc3)n2)cc1. The fourth-order valence-electron chi connectivity index (χ4n) is 4.53. The molecule has 8 nitrogen and oxygen atoms in total. The van der Waals surface area contributed by atoms with Gasteiger partial charge in [-0.05, 0) is 85.6 Å². The molecule has 1 N–H and O–H groups in total. The van der Waals surface area contributed by atoms with Gasteiger partial charge in [-0.2, -0.15) is 0 Å². The number of amides is 2. The molecule has 0 saturated carbocycles. The van der Waals surface area contributed by atoms with Gasteiger partial charge < -0.3 is 14.4 Å². The molecule has 10 heteroatoms. The third kappa shape index (κ3) is 6.50. The number of ether oxygens (including phenoxy) is 2. The summed E-state index contributed by atoms with van der Waals surface area (Å²) in [6.07, 6.45) is 3.33. The Morgan fingerprint density at radius 1 is 1.10 bits per heavy atom. The van der Waals surface area contributed by atoms with Crippen LogP contribution in [-0.2, 0) is 9.53 Å². The van der Waals surface area contributed by atoms with Crippen LogP contribution in [0.3, 0.4) is 0 Å². The van der Waals surface area contributed by atoms with Gasteiger partial charge in [0.15, 0.2) is 0 Å². The van der Waals surface area contributed by atoms with Crippen molar-refractivity contribution in [1.82, 2.24) is 14.5 Å². The van der Waals surface area contributed by atoms with Crippen LogP contribution in [0.25, 0.3) is 16.9 Å². The molecule has 4 aromatic rings. The molecule has 0 bridgehead atoms. The molecule has 206 valence electrons. The smallest absolute Gasteiger partial charge is 0.254 e. The van der Waals surface area contributed by atoms with Gasteiger partial charge in [0.1, 0.15) is 18.1 Å². The number of nitrogens with one attached hydrogen (secondary N) is 1. The van der Waals surface area contributed by atoms with Crippen LogP contribution in [0.4, 0.5) is 10.3 Å². The first kappa shape index (κ1) is 27.4. The second kappa shape index (κ2) is 12.3. The van der Waals surface area contributed by atoms with Crippen LogP contribution in [-0.4, -0.2) is 59.2 Å². The molecule has 1 saturated heterocycles. The number of benzene rings is 3. The summed E-state index contributed by atoms with van der Waals surface area (Å²) in [5.74, 6) is -0.181. The number of carbonyl (C=O) groups excluding carboxylic acids is 2. The van der Waals surface area contributed by atoms with E-state index in [1.54, 1.807) is 54.3 Å². The van der Waals surface area contributed by atoms with E-state index in [-0.39, 0.29) is 36.9 Å². The molecular weight excluding hydrogens is 535 g/mol. The largest absolute Gasteiger partial charge is 0.497 e. The van der Waals surface area contributed by atoms with E-state index in [1.807, 2.05) is 24.3 Å². The van der Waals surface area contributed by atoms with E-state index in [4.69, 9.17) is 21.1 Å². The van der Waals surface area contributed by atoms with E-state index in [1.165, 1.54) is 17.0 Å². The number of imidazole rings is 1. The Morgan fingerprint density at radius 3 is 2.48 bits per heavy atom. The highest BCUT2D eigenvalue weighted by Crippen LogP contribution is 2.26. The summed E-state index contributed by atoms with van der Waals surface area (Å²) in [7, 11) is 1.59. The van der Waals surface area contributed by atoms with Crippen LogP contribution in [0, 0.1) is 5.82 Å². The lowest BCUT2D eigenvalue weighted by atomic mass is 10.1. The number of hydrogen-bond acceptors (Lipinski definition) is 5. The number of rotatable bonds is 9. The molecule has 0 spiro atoms. The Bertz CT molecular complexity index is 1470. The van der Waals surface area contributed by atoms with Crippen molar-refractivity contribution in [2.24, 2.45) is 0 Å². The van der Waals surface area contributed by atoms with Gasteiger partial charge in [-0.25, -0.2) is 9.37 Å². The maximum absolute atomic E-state index is 13.6. The molecule has 2 heterocycles. The van der Waals surface area contributed by atoms with Crippen LogP contribution in [0.15, 0.2) is 79.0 Å². The normalized spacial score (nSPS) is 14.6. The lowest BCUT2D eigenvalue weighted by Crippen LogP contribution is -2.42. The summed E-state index contributed by atoms with van der Waals surface area (Å²) in [6, 6.07) is 19.7. The van der Waals surface area contributed by atoms with Crippen LogP contribution >= 0.6 is 11.6 Å². The molecule has 1 aliphatic rings. The highest BCUT2D eigenvalue weighted by Gasteiger charge is 2.26. The van der Waals surface area contributed by atoms with Crippen molar-refractivity contribution in [2.45, 2.75) is 18.9 Å². The Balaban J connectivity index is 1.41. The van der Waals surface area contributed by atoms with E-state index in [0.717, 1.165) is 18.4 Å². The summed E-state index contributed by atoms with van der Waals surface area (Å²) >= 11 is 6.00. The van der Waals surface area contributed by atoms with Gasteiger partial charge in [-0.15, -0.1) is 0 Å². The van der Waals surface area contributed by atoms with Gasteiger partial charge in [0.25, 0.3) is 5.91 Å². The predicted octanol–water partition coefficient (Wildman–Crippen LogP) is 5.60. The van der Waals surface area contributed by atoms with Gasteiger partial charge in [0.05, 0.1) is 18.9 Å². The van der Waals surface area contributed by atoms with Crippen LogP contribution < -0.4 is 10.1 Å². The van der Waals surface area contributed by atoms with Crippen molar-refractivity contribution in [2.75, 3.05) is 32.1 Å². The van der Waals surface area contributed by atoms with Crippen LogP contribution in [0.5, 0.6) is 5.75 Å². The Hall–Kier alpha value is -4.21. The predicted molar refractivity (Wildman–Crippen MR) is 150 cm³/mol. The number of halogens is 2. The summed E-state index contributed by atoms with van der Waals surface area (Å²) in [6.45, 7) is 0.691.